The molecule has 2 aliphatic heterocycles. The second-order valence-corrected chi connectivity index (χ2v) is 10.7. The third-order valence-electron chi connectivity index (χ3n) is 7.82. The van der Waals surface area contributed by atoms with Crippen LogP contribution in [0.25, 0.3) is 0 Å². The highest BCUT2D eigenvalue weighted by Crippen LogP contribution is 2.35. The fraction of sp³-hybridized carbons (Fsp3) is 0.455. The lowest BCUT2D eigenvalue weighted by atomic mass is 9.82. The van der Waals surface area contributed by atoms with Crippen molar-refractivity contribution in [2.24, 2.45) is 41.2 Å². The van der Waals surface area contributed by atoms with Gasteiger partial charge < -0.3 is 26.4 Å². The molecule has 5 rings (SSSR count). The molecule has 6 unspecified atom stereocenters. The van der Waals surface area contributed by atoms with Crippen LogP contribution in [0.4, 0.5) is 0 Å². The van der Waals surface area contributed by atoms with E-state index in [1.54, 1.807) is 18.2 Å². The number of carboxylic acid groups (broad SMARTS) is 1. The lowest BCUT2D eigenvalue weighted by Gasteiger charge is -2.23. The minimum absolute atomic E-state index is 0. The van der Waals surface area contributed by atoms with Gasteiger partial charge >= 0.3 is 17.9 Å². The Labute approximate surface area is 263 Å². The van der Waals surface area contributed by atoms with Crippen LogP contribution in [0.5, 0.6) is 0 Å². The molecule has 6 atom stereocenters. The number of allylic oxidation sites excluding steroid dienone is 6. The zero-order chi connectivity index (χ0) is 32.6. The Kier molecular flexibility index (Phi) is 17.0. The van der Waals surface area contributed by atoms with Gasteiger partial charge in [0, 0.05) is 19.6 Å². The van der Waals surface area contributed by atoms with Crippen molar-refractivity contribution in [3.05, 3.63) is 74.4 Å². The van der Waals surface area contributed by atoms with Crippen LogP contribution in [0.15, 0.2) is 74.4 Å². The number of likely N-dealkylation sites (tertiary alicyclic amines) is 1. The van der Waals surface area contributed by atoms with Gasteiger partial charge in [-0.1, -0.05) is 54.7 Å². The Hall–Kier alpha value is -4.42. The van der Waals surface area contributed by atoms with Gasteiger partial charge in [0.15, 0.2) is 0 Å². The molecule has 0 saturated carbocycles. The van der Waals surface area contributed by atoms with Gasteiger partial charge in [-0.25, -0.2) is 0 Å². The molecule has 0 aromatic carbocycles. The highest BCUT2D eigenvalue weighted by Gasteiger charge is 2.46. The zero-order valence-electron chi connectivity index (χ0n) is 25.4. The number of aliphatic carboxylic acids is 1. The minimum atomic E-state index is -0.905. The van der Waals surface area contributed by atoms with Gasteiger partial charge in [-0.15, -0.1) is 19.7 Å². The van der Waals surface area contributed by atoms with Crippen LogP contribution in [0.2, 0.25) is 0 Å². The molecule has 0 spiro atoms. The fourth-order valence-corrected chi connectivity index (χ4v) is 5.44. The molecule has 0 aromatic rings. The molecule has 5 N–H and O–H groups in total. The van der Waals surface area contributed by atoms with Crippen LogP contribution < -0.4 is 11.1 Å². The Morgan fingerprint density at radius 1 is 0.778 bits per heavy atom. The van der Waals surface area contributed by atoms with Crippen LogP contribution >= 0.6 is 0 Å². The Morgan fingerprint density at radius 2 is 1.20 bits per heavy atom. The number of fused-ring (bicyclic) bond motifs is 2. The van der Waals surface area contributed by atoms with Crippen LogP contribution in [0.3, 0.4) is 0 Å². The van der Waals surface area contributed by atoms with E-state index in [9.17, 15) is 28.8 Å². The molecule has 12 nitrogen and oxygen atoms in total. The average molecular weight is 627 g/mol. The normalized spacial score (nSPS) is 26.9. The second kappa shape index (κ2) is 19.8. The summed E-state index contributed by atoms with van der Waals surface area (Å²) in [7, 11) is 0. The number of cyclic esters (lactones) is 2. The maximum Gasteiger partial charge on any atom is 0.317 e. The molecule has 2 saturated heterocycles. The maximum atomic E-state index is 11.8. The van der Waals surface area contributed by atoms with Gasteiger partial charge in [-0.3, -0.25) is 33.7 Å². The monoisotopic (exact) mass is 626 g/mol. The molecule has 2 fully saturated rings. The molecule has 0 aromatic heterocycles. The van der Waals surface area contributed by atoms with Crippen molar-refractivity contribution in [3.8, 4) is 0 Å². The SMILES string of the molecule is C=CCN.C=CCN1C(=O)C2CC=CCC2C1=O.C=CCNC(=O)C1CC=CCC1C(=O)O.O=C1OC(=O)C2CC=CCC12.[OH-]. The standard InChI is InChI=1S/C11H15NO3.C11H13NO2.C8H8O3.C3H7N.H2O/c1-2-7-12-10(13)8-5-3-4-6-9(8)11(14)15;1-2-7-12-10(13)8-5-3-4-6-9(8)11(12)14;9-7-5-3-1-2-4-6(5)8(10)11-7;1-2-3-4;/h2-4,8-9H,1,5-7H2,(H,12,13)(H,14,15);2-4,8-9H,1,5-7H2;1-2,5-6H,3-4H2;2H,1,3-4H2;1H2/p-1. The highest BCUT2D eigenvalue weighted by atomic mass is 16.6. The minimum Gasteiger partial charge on any atom is -0.870 e. The molecule has 3 amide bonds. The summed E-state index contributed by atoms with van der Waals surface area (Å²) >= 11 is 0. The summed E-state index contributed by atoms with van der Waals surface area (Å²) in [5, 5.41) is 11.6. The number of carbonyl (C=O) groups excluding carboxylic acids is 5. The van der Waals surface area contributed by atoms with Gasteiger partial charge in [0.2, 0.25) is 17.7 Å². The summed E-state index contributed by atoms with van der Waals surface area (Å²) in [4.78, 5) is 69.3. The van der Waals surface area contributed by atoms with E-state index in [4.69, 9.17) is 10.8 Å². The highest BCUT2D eigenvalue weighted by molar-refractivity contribution is 6.05. The third kappa shape index (κ3) is 10.6. The van der Waals surface area contributed by atoms with Gasteiger partial charge in [0.05, 0.1) is 35.5 Å². The summed E-state index contributed by atoms with van der Waals surface area (Å²) in [6.07, 6.45) is 20.0. The summed E-state index contributed by atoms with van der Waals surface area (Å²) < 4.78 is 4.49. The first-order chi connectivity index (χ1) is 21.1. The first-order valence-electron chi connectivity index (χ1n) is 14.7. The molecular formula is C33H44N3O9-. The van der Waals surface area contributed by atoms with Crippen LogP contribution in [0, 0.1) is 35.5 Å². The number of ether oxygens (including phenoxy) is 1. The van der Waals surface area contributed by atoms with Crippen molar-refractivity contribution in [1.29, 1.82) is 0 Å². The van der Waals surface area contributed by atoms with Crippen LogP contribution in [-0.2, 0) is 33.5 Å². The van der Waals surface area contributed by atoms with Crippen LogP contribution in [0.1, 0.15) is 38.5 Å². The third-order valence-corrected chi connectivity index (χ3v) is 7.82. The van der Waals surface area contributed by atoms with E-state index >= 15 is 0 Å². The predicted octanol–water partition coefficient (Wildman–Crippen LogP) is 2.69. The number of imide groups is 1. The van der Waals surface area contributed by atoms with E-state index in [1.165, 1.54) is 4.90 Å². The molecule has 12 heteroatoms. The first kappa shape index (κ1) is 38.6. The van der Waals surface area contributed by atoms with Crippen molar-refractivity contribution >= 4 is 35.6 Å². The number of esters is 2. The van der Waals surface area contributed by atoms with Gasteiger partial charge in [0.25, 0.3) is 0 Å². The average Bonchev–Trinajstić information content (AvgIpc) is 3.47. The molecule has 45 heavy (non-hydrogen) atoms. The molecule has 246 valence electrons. The van der Waals surface area contributed by atoms with E-state index in [0.29, 0.717) is 58.2 Å². The van der Waals surface area contributed by atoms with Crippen molar-refractivity contribution in [1.82, 2.24) is 10.2 Å². The van der Waals surface area contributed by atoms with Crippen molar-refractivity contribution in [3.63, 3.8) is 0 Å². The van der Waals surface area contributed by atoms with Gasteiger partial charge in [0.1, 0.15) is 0 Å². The summed E-state index contributed by atoms with van der Waals surface area (Å²) in [6.45, 7) is 11.7. The molecular weight excluding hydrogens is 582 g/mol. The van der Waals surface area contributed by atoms with Gasteiger partial charge in [-0.2, -0.15) is 0 Å². The van der Waals surface area contributed by atoms with Crippen molar-refractivity contribution in [2.45, 2.75) is 38.5 Å². The quantitative estimate of drug-likeness (QED) is 0.163. The van der Waals surface area contributed by atoms with E-state index in [0.717, 1.165) is 0 Å². The van der Waals surface area contributed by atoms with E-state index in [1.807, 2.05) is 36.5 Å². The number of nitrogens with zero attached hydrogens (tertiary/aromatic N) is 1. The number of nitrogens with one attached hydrogen (secondary N) is 1. The zero-order valence-corrected chi connectivity index (χ0v) is 25.4. The van der Waals surface area contributed by atoms with Crippen molar-refractivity contribution in [2.75, 3.05) is 19.6 Å². The van der Waals surface area contributed by atoms with Gasteiger partial charge in [-0.05, 0) is 38.5 Å². The van der Waals surface area contributed by atoms with E-state index in [2.05, 4.69) is 29.8 Å². The predicted molar refractivity (Wildman–Crippen MR) is 166 cm³/mol. The Morgan fingerprint density at radius 3 is 1.60 bits per heavy atom. The summed E-state index contributed by atoms with van der Waals surface area (Å²) in [6, 6.07) is 0. The largest absolute Gasteiger partial charge is 0.870 e. The van der Waals surface area contributed by atoms with E-state index in [-0.39, 0.29) is 58.8 Å². The second-order valence-electron chi connectivity index (χ2n) is 10.7. The fourth-order valence-electron chi connectivity index (χ4n) is 5.44. The number of hydrogen-bond acceptors (Lipinski definition) is 9. The van der Waals surface area contributed by atoms with E-state index < -0.39 is 17.8 Å². The van der Waals surface area contributed by atoms with Crippen molar-refractivity contribution < 1.29 is 44.1 Å². The Balaban J connectivity index is 0.000000317. The molecule has 3 aliphatic carbocycles. The number of carbonyl (C=O) groups is 6. The number of rotatable bonds is 7. The number of carboxylic acids is 1. The van der Waals surface area contributed by atoms with Crippen LogP contribution in [-0.4, -0.2) is 70.7 Å². The molecule has 2 heterocycles. The molecule has 5 aliphatic rings. The lowest BCUT2D eigenvalue weighted by molar-refractivity contribution is -0.154. The molecule has 0 radical (unpaired) electrons. The summed E-state index contributed by atoms with van der Waals surface area (Å²) in [5.41, 5.74) is 4.91. The lowest BCUT2D eigenvalue weighted by Crippen LogP contribution is -2.38. The number of hydrogen-bond donors (Lipinski definition) is 3. The number of nitrogens with two attached hydrogens (primary N) is 1. The smallest absolute Gasteiger partial charge is 0.317 e. The number of amides is 3. The molecule has 0 bridgehead atoms. The topological polar surface area (TPSA) is 203 Å². The Bertz CT molecular complexity index is 1160. The maximum absolute atomic E-state index is 11.8. The first-order valence-corrected chi connectivity index (χ1v) is 14.7. The summed E-state index contributed by atoms with van der Waals surface area (Å²) in [5.74, 6) is -3.47.